The van der Waals surface area contributed by atoms with Crippen LogP contribution in [-0.2, 0) is 24.7 Å². The van der Waals surface area contributed by atoms with Crippen molar-refractivity contribution in [3.8, 4) is 95.5 Å². The molecular formula is C86H49F12N5. The lowest BCUT2D eigenvalue weighted by Gasteiger charge is -2.22. The number of alkyl halides is 12. The smallest absolute Gasteiger partial charge is 0.309 e. The molecule has 0 amide bonds. The molecule has 0 atom stereocenters. The first-order chi connectivity index (χ1) is 49.6. The monoisotopic (exact) mass is 1380 g/mol. The van der Waals surface area contributed by atoms with Crippen LogP contribution in [0, 0.1) is 0 Å². The number of para-hydroxylation sites is 4. The normalized spacial score (nSPS) is 12.5. The van der Waals surface area contributed by atoms with Gasteiger partial charge >= 0.3 is 24.7 Å². The highest BCUT2D eigenvalue weighted by Crippen LogP contribution is 2.49. The summed E-state index contributed by atoms with van der Waals surface area (Å²) < 4.78 is 183. The summed E-state index contributed by atoms with van der Waals surface area (Å²) in [6.07, 6.45) is -20.9. The van der Waals surface area contributed by atoms with Gasteiger partial charge in [-0.15, -0.1) is 0 Å². The van der Waals surface area contributed by atoms with Crippen LogP contribution in [0.4, 0.5) is 52.7 Å². The van der Waals surface area contributed by atoms with E-state index in [1.807, 2.05) is 205 Å². The van der Waals surface area contributed by atoms with Gasteiger partial charge in [0.15, 0.2) is 5.82 Å². The second kappa shape index (κ2) is 24.1. The average molecular weight is 1380 g/mol. The summed E-state index contributed by atoms with van der Waals surface area (Å²) in [5.74, 6) is 0.307. The molecule has 0 spiro atoms. The van der Waals surface area contributed by atoms with Crippen LogP contribution >= 0.6 is 0 Å². The van der Waals surface area contributed by atoms with Crippen molar-refractivity contribution in [2.24, 2.45) is 0 Å². The Morgan fingerprint density at radius 1 is 0.214 bits per heavy atom. The zero-order valence-electron chi connectivity index (χ0n) is 53.6. The molecule has 0 saturated carbocycles. The summed E-state index contributed by atoms with van der Waals surface area (Å²) in [7, 11) is 0. The molecule has 0 bridgehead atoms. The molecular weight excluding hydrogens is 1330 g/mol. The van der Waals surface area contributed by atoms with Gasteiger partial charge in [-0.05, 0) is 161 Å². The minimum atomic E-state index is -5.24. The molecule has 103 heavy (non-hydrogen) atoms. The standard InChI is InChI=1S/C86H49F12N5/c87-83(88,89)59-37-56(38-60(47-59)84(90,91)92)52-33-35-79-71(43-52)72-44-53(57-39-61(85(93,94)95)48-62(40-57)86(96,97)98)34-36-80(72)103(79)81-69(54-21-15-23-63(41-54)101-75-29-11-7-25-65(75)66-26-8-12-30-76(66)101)45-58(82-99-73(50-17-3-1-4-18-50)49-74(100-82)51-19-5-2-6-20-51)46-70(81)55-22-16-24-64(42-55)102-77-31-13-9-27-67(77)68-28-10-14-32-78(68)102/h1-49H. The molecule has 0 aliphatic rings. The number of halogens is 12. The van der Waals surface area contributed by atoms with Crippen LogP contribution in [0.1, 0.15) is 22.3 Å². The van der Waals surface area contributed by atoms with E-state index in [1.54, 1.807) is 12.1 Å². The largest absolute Gasteiger partial charge is 0.416 e. The highest BCUT2D eigenvalue weighted by Gasteiger charge is 2.39. The average Bonchev–Trinajstić information content (AvgIpc) is 1.61. The molecule has 0 radical (unpaired) electrons. The predicted molar refractivity (Wildman–Crippen MR) is 383 cm³/mol. The Balaban J connectivity index is 1.03. The van der Waals surface area contributed by atoms with Gasteiger partial charge in [-0.1, -0.05) is 170 Å². The molecule has 4 heterocycles. The molecule has 502 valence electrons. The van der Waals surface area contributed by atoms with Gasteiger partial charge in [-0.2, -0.15) is 52.7 Å². The number of fused-ring (bicyclic) bond motifs is 9. The lowest BCUT2D eigenvalue weighted by Crippen LogP contribution is -2.11. The Hall–Kier alpha value is -12.5. The SMILES string of the molecule is FC(F)(F)c1cc(-c2ccc3c(c2)c2cc(-c4cc(C(F)(F)F)cc(C(F)(F)F)c4)ccc2n3-c2c(-c3cccc(-n4c5ccccc5c5ccccc54)c3)cc(-c3nc(-c4ccccc4)cc(-c4ccccc4)n3)cc2-c2cccc(-n3c4ccccc4c4ccccc43)c2)cc(C(F)(F)F)c1. The van der Waals surface area contributed by atoms with Gasteiger partial charge in [0, 0.05) is 71.5 Å². The van der Waals surface area contributed by atoms with Crippen LogP contribution in [0.5, 0.6) is 0 Å². The van der Waals surface area contributed by atoms with Crippen molar-refractivity contribution in [2.75, 3.05) is 0 Å². The van der Waals surface area contributed by atoms with Crippen molar-refractivity contribution in [1.29, 1.82) is 0 Å². The summed E-state index contributed by atoms with van der Waals surface area (Å²) >= 11 is 0. The zero-order valence-corrected chi connectivity index (χ0v) is 53.6. The quantitative estimate of drug-likeness (QED) is 0.128. The molecule has 0 saturated heterocycles. The van der Waals surface area contributed by atoms with Crippen LogP contribution < -0.4 is 0 Å². The van der Waals surface area contributed by atoms with Crippen LogP contribution in [-0.4, -0.2) is 23.7 Å². The number of aromatic nitrogens is 5. The first-order valence-electron chi connectivity index (χ1n) is 32.6. The Morgan fingerprint density at radius 3 is 0.883 bits per heavy atom. The molecule has 4 aromatic heterocycles. The number of hydrogen-bond donors (Lipinski definition) is 0. The molecule has 0 aliphatic carbocycles. The molecule has 17 rings (SSSR count). The molecule has 0 fully saturated rings. The molecule has 0 aliphatic heterocycles. The second-order valence-corrected chi connectivity index (χ2v) is 25.3. The fraction of sp³-hybridized carbons (Fsp3) is 0.0465. The van der Waals surface area contributed by atoms with E-state index in [9.17, 15) is 52.7 Å². The summed E-state index contributed by atoms with van der Waals surface area (Å²) in [5.41, 5.74) is 4.19. The highest BCUT2D eigenvalue weighted by molar-refractivity contribution is 6.14. The molecule has 13 aromatic carbocycles. The molecule has 5 nitrogen and oxygen atoms in total. The lowest BCUT2D eigenvalue weighted by atomic mass is 9.91. The van der Waals surface area contributed by atoms with Gasteiger partial charge in [0.25, 0.3) is 0 Å². The van der Waals surface area contributed by atoms with Crippen LogP contribution in [0.3, 0.4) is 0 Å². The van der Waals surface area contributed by atoms with Gasteiger partial charge in [-0.25, -0.2) is 9.97 Å². The molecule has 0 N–H and O–H groups in total. The van der Waals surface area contributed by atoms with Crippen molar-refractivity contribution in [3.63, 3.8) is 0 Å². The Morgan fingerprint density at radius 2 is 0.534 bits per heavy atom. The Kier molecular flexibility index (Phi) is 15.0. The maximum absolute atomic E-state index is 14.8. The number of rotatable bonds is 10. The number of benzene rings is 13. The van der Waals surface area contributed by atoms with Crippen LogP contribution in [0.25, 0.3) is 161 Å². The van der Waals surface area contributed by atoms with E-state index in [2.05, 4.69) is 33.4 Å². The summed E-state index contributed by atoms with van der Waals surface area (Å²) in [6.45, 7) is 0. The van der Waals surface area contributed by atoms with Crippen molar-refractivity contribution >= 4 is 65.4 Å². The number of nitrogens with zero attached hydrogens (tertiary/aromatic N) is 5. The zero-order chi connectivity index (χ0) is 70.8. The van der Waals surface area contributed by atoms with Crippen molar-refractivity contribution in [2.45, 2.75) is 24.7 Å². The van der Waals surface area contributed by atoms with Gasteiger partial charge in [0.05, 0.1) is 72.4 Å². The fourth-order valence-electron chi connectivity index (χ4n) is 14.4. The minimum absolute atomic E-state index is 0.0229. The Bertz CT molecular complexity index is 5720. The topological polar surface area (TPSA) is 40.6 Å². The van der Waals surface area contributed by atoms with Gasteiger partial charge in [-0.3, -0.25) is 0 Å². The lowest BCUT2D eigenvalue weighted by molar-refractivity contribution is -0.144. The first kappa shape index (κ1) is 63.9. The van der Waals surface area contributed by atoms with E-state index in [4.69, 9.17) is 9.97 Å². The van der Waals surface area contributed by atoms with Crippen molar-refractivity contribution in [1.82, 2.24) is 23.7 Å². The summed E-state index contributed by atoms with van der Waals surface area (Å²) in [5, 5.41) is 4.28. The molecule has 0 unspecified atom stereocenters. The van der Waals surface area contributed by atoms with Crippen molar-refractivity contribution in [3.05, 3.63) is 320 Å². The van der Waals surface area contributed by atoms with E-state index in [1.165, 1.54) is 24.3 Å². The van der Waals surface area contributed by atoms with E-state index < -0.39 is 58.1 Å². The van der Waals surface area contributed by atoms with Gasteiger partial charge < -0.3 is 13.7 Å². The third kappa shape index (κ3) is 11.4. The molecule has 17 heteroatoms. The van der Waals surface area contributed by atoms with Gasteiger partial charge in [0.2, 0.25) is 0 Å². The van der Waals surface area contributed by atoms with E-state index in [0.717, 1.165) is 66.1 Å². The fourth-order valence-corrected chi connectivity index (χ4v) is 14.4. The van der Waals surface area contributed by atoms with Gasteiger partial charge in [0.1, 0.15) is 0 Å². The third-order valence-corrected chi connectivity index (χ3v) is 19.1. The second-order valence-electron chi connectivity index (χ2n) is 25.3. The predicted octanol–water partition coefficient (Wildman–Crippen LogP) is 25.5. The summed E-state index contributed by atoms with van der Waals surface area (Å²) in [6, 6.07) is 84.1. The summed E-state index contributed by atoms with van der Waals surface area (Å²) in [4.78, 5) is 10.7. The van der Waals surface area contributed by atoms with Crippen LogP contribution in [0.2, 0.25) is 0 Å². The minimum Gasteiger partial charge on any atom is -0.309 e. The number of hydrogen-bond acceptors (Lipinski definition) is 2. The molecule has 17 aromatic rings. The maximum atomic E-state index is 14.8. The van der Waals surface area contributed by atoms with Crippen molar-refractivity contribution < 1.29 is 52.7 Å². The van der Waals surface area contributed by atoms with E-state index >= 15 is 0 Å². The van der Waals surface area contributed by atoms with E-state index in [0.29, 0.717) is 86.0 Å². The maximum Gasteiger partial charge on any atom is 0.416 e. The first-order valence-corrected chi connectivity index (χ1v) is 32.6. The Labute approximate surface area is 578 Å². The van der Waals surface area contributed by atoms with Crippen LogP contribution in [0.15, 0.2) is 297 Å². The highest BCUT2D eigenvalue weighted by atomic mass is 19.4. The third-order valence-electron chi connectivity index (χ3n) is 19.1. The van der Waals surface area contributed by atoms with E-state index in [-0.39, 0.29) is 34.0 Å².